The standard InChI is InChI=1S/C16H23N3O2/c1-11(20)18-12-4-6-13(7-5-12)19-15(21)10-17-14-8-9-16(14,2)3/h4-7,14,17H,8-10H2,1-3H3,(H,18,20)(H,19,21)/t14-/m1/s1. The quantitative estimate of drug-likeness (QED) is 0.779. The molecular formula is C16H23N3O2. The lowest BCUT2D eigenvalue weighted by Crippen LogP contribution is -2.51. The molecule has 1 aliphatic rings. The van der Waals surface area contributed by atoms with Crippen LogP contribution in [0.5, 0.6) is 0 Å². The van der Waals surface area contributed by atoms with Crippen LogP contribution in [0.4, 0.5) is 11.4 Å². The summed E-state index contributed by atoms with van der Waals surface area (Å²) in [7, 11) is 0. The third-order valence-corrected chi connectivity index (χ3v) is 4.02. The van der Waals surface area contributed by atoms with Gasteiger partial charge in [-0.2, -0.15) is 0 Å². The van der Waals surface area contributed by atoms with Crippen molar-refractivity contribution < 1.29 is 9.59 Å². The van der Waals surface area contributed by atoms with Crippen LogP contribution >= 0.6 is 0 Å². The summed E-state index contributed by atoms with van der Waals surface area (Å²) in [6.45, 7) is 6.21. The van der Waals surface area contributed by atoms with Crippen LogP contribution in [0.1, 0.15) is 33.6 Å². The van der Waals surface area contributed by atoms with Crippen molar-refractivity contribution in [2.45, 2.75) is 39.7 Å². The van der Waals surface area contributed by atoms with Crippen molar-refractivity contribution >= 4 is 23.2 Å². The fraction of sp³-hybridized carbons (Fsp3) is 0.500. The van der Waals surface area contributed by atoms with Crippen molar-refractivity contribution in [3.63, 3.8) is 0 Å². The zero-order valence-corrected chi connectivity index (χ0v) is 12.8. The van der Waals surface area contributed by atoms with Gasteiger partial charge in [-0.15, -0.1) is 0 Å². The fourth-order valence-electron chi connectivity index (χ4n) is 2.51. The lowest BCUT2D eigenvalue weighted by molar-refractivity contribution is -0.116. The summed E-state index contributed by atoms with van der Waals surface area (Å²) in [6, 6.07) is 7.50. The Morgan fingerprint density at radius 1 is 1.14 bits per heavy atom. The molecule has 5 heteroatoms. The second-order valence-corrected chi connectivity index (χ2v) is 6.27. The number of anilines is 2. The highest BCUT2D eigenvalue weighted by Crippen LogP contribution is 2.39. The molecule has 0 aromatic heterocycles. The van der Waals surface area contributed by atoms with E-state index in [4.69, 9.17) is 0 Å². The molecule has 0 aliphatic heterocycles. The van der Waals surface area contributed by atoms with E-state index in [1.807, 2.05) is 0 Å². The molecule has 1 aliphatic carbocycles. The zero-order valence-electron chi connectivity index (χ0n) is 12.8. The first-order valence-corrected chi connectivity index (χ1v) is 7.28. The average Bonchev–Trinajstić information content (AvgIpc) is 2.39. The largest absolute Gasteiger partial charge is 0.326 e. The zero-order chi connectivity index (χ0) is 15.5. The number of carbonyl (C=O) groups is 2. The van der Waals surface area contributed by atoms with E-state index >= 15 is 0 Å². The summed E-state index contributed by atoms with van der Waals surface area (Å²) in [6.07, 6.45) is 2.34. The SMILES string of the molecule is CC(=O)Nc1ccc(NC(=O)CN[C@@H]2CCC2(C)C)cc1. The topological polar surface area (TPSA) is 70.2 Å². The van der Waals surface area contributed by atoms with Crippen molar-refractivity contribution in [1.82, 2.24) is 5.32 Å². The normalized spacial score (nSPS) is 19.5. The summed E-state index contributed by atoms with van der Waals surface area (Å²) in [5.41, 5.74) is 1.74. The molecule has 1 aromatic carbocycles. The molecule has 2 amide bonds. The Kier molecular flexibility index (Phi) is 4.63. The molecule has 21 heavy (non-hydrogen) atoms. The molecule has 2 rings (SSSR count). The van der Waals surface area contributed by atoms with Gasteiger partial charge in [0.15, 0.2) is 0 Å². The number of benzene rings is 1. The van der Waals surface area contributed by atoms with Gasteiger partial charge in [0.2, 0.25) is 11.8 Å². The van der Waals surface area contributed by atoms with Gasteiger partial charge in [0.1, 0.15) is 0 Å². The van der Waals surface area contributed by atoms with E-state index in [9.17, 15) is 9.59 Å². The van der Waals surface area contributed by atoms with E-state index in [1.165, 1.54) is 13.3 Å². The maximum Gasteiger partial charge on any atom is 0.238 e. The predicted molar refractivity (Wildman–Crippen MR) is 84.2 cm³/mol. The molecule has 0 bridgehead atoms. The molecule has 5 nitrogen and oxygen atoms in total. The summed E-state index contributed by atoms with van der Waals surface area (Å²) in [5, 5.41) is 8.82. The minimum atomic E-state index is -0.112. The van der Waals surface area contributed by atoms with Crippen LogP contribution in [-0.2, 0) is 9.59 Å². The fourth-order valence-corrected chi connectivity index (χ4v) is 2.51. The van der Waals surface area contributed by atoms with Crippen LogP contribution in [0.3, 0.4) is 0 Å². The minimum Gasteiger partial charge on any atom is -0.326 e. The second-order valence-electron chi connectivity index (χ2n) is 6.27. The monoisotopic (exact) mass is 289 g/mol. The Bertz CT molecular complexity index is 523. The van der Waals surface area contributed by atoms with Gasteiger partial charge < -0.3 is 16.0 Å². The van der Waals surface area contributed by atoms with Crippen molar-refractivity contribution in [2.24, 2.45) is 5.41 Å². The Morgan fingerprint density at radius 2 is 1.71 bits per heavy atom. The van der Waals surface area contributed by atoms with Crippen LogP contribution < -0.4 is 16.0 Å². The smallest absolute Gasteiger partial charge is 0.238 e. The van der Waals surface area contributed by atoms with Gasteiger partial charge in [-0.25, -0.2) is 0 Å². The van der Waals surface area contributed by atoms with Crippen LogP contribution in [0.25, 0.3) is 0 Å². The van der Waals surface area contributed by atoms with Crippen LogP contribution in [0.15, 0.2) is 24.3 Å². The van der Waals surface area contributed by atoms with Gasteiger partial charge in [-0.1, -0.05) is 13.8 Å². The Hall–Kier alpha value is -1.88. The summed E-state index contributed by atoms with van der Waals surface area (Å²) in [5.74, 6) is -0.163. The van der Waals surface area contributed by atoms with Gasteiger partial charge in [0.05, 0.1) is 6.54 Å². The van der Waals surface area contributed by atoms with Crippen molar-refractivity contribution in [3.8, 4) is 0 Å². The molecule has 114 valence electrons. The summed E-state index contributed by atoms with van der Waals surface area (Å²) in [4.78, 5) is 22.8. The van der Waals surface area contributed by atoms with Crippen molar-refractivity contribution in [1.29, 1.82) is 0 Å². The molecular weight excluding hydrogens is 266 g/mol. The van der Waals surface area contributed by atoms with Gasteiger partial charge in [0, 0.05) is 24.3 Å². The number of rotatable bonds is 5. The van der Waals surface area contributed by atoms with Gasteiger partial charge >= 0.3 is 0 Å². The van der Waals surface area contributed by atoms with E-state index in [1.54, 1.807) is 24.3 Å². The van der Waals surface area contributed by atoms with E-state index < -0.39 is 0 Å². The first-order valence-electron chi connectivity index (χ1n) is 7.28. The van der Waals surface area contributed by atoms with Crippen molar-refractivity contribution in [2.75, 3.05) is 17.2 Å². The van der Waals surface area contributed by atoms with Crippen LogP contribution in [0, 0.1) is 5.41 Å². The number of hydrogen-bond acceptors (Lipinski definition) is 3. The Morgan fingerprint density at radius 3 is 2.14 bits per heavy atom. The van der Waals surface area contributed by atoms with Crippen LogP contribution in [0.2, 0.25) is 0 Å². The molecule has 0 saturated heterocycles. The predicted octanol–water partition coefficient (Wildman–Crippen LogP) is 2.36. The third kappa shape index (κ3) is 4.29. The molecule has 1 aromatic rings. The highest BCUT2D eigenvalue weighted by molar-refractivity contribution is 5.93. The minimum absolute atomic E-state index is 0.0509. The molecule has 0 spiro atoms. The highest BCUT2D eigenvalue weighted by Gasteiger charge is 2.37. The van der Waals surface area contributed by atoms with E-state index in [0.29, 0.717) is 18.0 Å². The van der Waals surface area contributed by atoms with E-state index in [2.05, 4.69) is 29.8 Å². The number of carbonyl (C=O) groups excluding carboxylic acids is 2. The third-order valence-electron chi connectivity index (χ3n) is 4.02. The molecule has 0 heterocycles. The van der Waals surface area contributed by atoms with Crippen molar-refractivity contribution in [3.05, 3.63) is 24.3 Å². The first kappa shape index (κ1) is 15.5. The molecule has 1 saturated carbocycles. The number of amides is 2. The molecule has 0 radical (unpaired) electrons. The summed E-state index contributed by atoms with van der Waals surface area (Å²) >= 11 is 0. The number of nitrogens with one attached hydrogen (secondary N) is 3. The summed E-state index contributed by atoms with van der Waals surface area (Å²) < 4.78 is 0. The first-order chi connectivity index (χ1) is 9.87. The second kappa shape index (κ2) is 6.26. The lowest BCUT2D eigenvalue weighted by Gasteiger charge is -2.45. The number of hydrogen-bond donors (Lipinski definition) is 3. The molecule has 1 atom stereocenters. The molecule has 3 N–H and O–H groups in total. The maximum atomic E-state index is 11.9. The van der Waals surface area contributed by atoms with Crippen LogP contribution in [-0.4, -0.2) is 24.4 Å². The van der Waals surface area contributed by atoms with Gasteiger partial charge in [-0.05, 0) is 42.5 Å². The lowest BCUT2D eigenvalue weighted by atomic mass is 9.67. The Balaban J connectivity index is 1.78. The van der Waals surface area contributed by atoms with E-state index in [0.717, 1.165) is 17.8 Å². The molecule has 1 fully saturated rings. The maximum absolute atomic E-state index is 11.9. The molecule has 0 unspecified atom stereocenters. The van der Waals surface area contributed by atoms with Gasteiger partial charge in [0.25, 0.3) is 0 Å². The Labute approximate surface area is 125 Å². The average molecular weight is 289 g/mol. The highest BCUT2D eigenvalue weighted by atomic mass is 16.2. The van der Waals surface area contributed by atoms with E-state index in [-0.39, 0.29) is 11.8 Å². The van der Waals surface area contributed by atoms with Gasteiger partial charge in [-0.3, -0.25) is 9.59 Å².